The molecule has 0 radical (unpaired) electrons. The van der Waals surface area contributed by atoms with E-state index >= 15 is 0 Å². The van der Waals surface area contributed by atoms with Crippen LogP contribution in [0.3, 0.4) is 0 Å². The van der Waals surface area contributed by atoms with E-state index in [2.05, 4.69) is 21.2 Å². The molecule has 0 saturated carbocycles. The molecule has 1 heterocycles. The summed E-state index contributed by atoms with van der Waals surface area (Å²) in [6.07, 6.45) is 2.76. The van der Waals surface area contributed by atoms with Gasteiger partial charge in [0.05, 0.1) is 0 Å². The topological polar surface area (TPSA) is 12.0 Å². The van der Waals surface area contributed by atoms with E-state index in [1.165, 1.54) is 31.3 Å². The molecule has 1 aliphatic rings. The van der Waals surface area contributed by atoms with Crippen molar-refractivity contribution in [3.63, 3.8) is 0 Å². The number of halogens is 2. The van der Waals surface area contributed by atoms with Gasteiger partial charge >= 0.3 is 0 Å². The van der Waals surface area contributed by atoms with Crippen LogP contribution in [-0.4, -0.2) is 18.4 Å². The average Bonchev–Trinajstić information content (AvgIpc) is 1.90. The van der Waals surface area contributed by atoms with Gasteiger partial charge < -0.3 is 5.32 Å². The lowest BCUT2D eigenvalue weighted by atomic mass is 10.0. The fourth-order valence-electron chi connectivity index (χ4n) is 1.06. The average molecular weight is 215 g/mol. The SMILES string of the molecule is BrC[C@@H]1CCCNC1.Cl. The van der Waals surface area contributed by atoms with Crippen molar-refractivity contribution in [2.75, 3.05) is 18.4 Å². The Bertz CT molecular complexity index is 64.1. The highest BCUT2D eigenvalue weighted by Crippen LogP contribution is 2.11. The van der Waals surface area contributed by atoms with Gasteiger partial charge in [-0.15, -0.1) is 12.4 Å². The highest BCUT2D eigenvalue weighted by atomic mass is 79.9. The molecule has 0 aromatic heterocycles. The molecule has 1 aliphatic heterocycles. The summed E-state index contributed by atoms with van der Waals surface area (Å²) in [5.74, 6) is 0.892. The third-order valence-corrected chi connectivity index (χ3v) is 2.53. The van der Waals surface area contributed by atoms with Crippen LogP contribution in [0, 0.1) is 5.92 Å². The summed E-state index contributed by atoms with van der Waals surface area (Å²) >= 11 is 3.47. The summed E-state index contributed by atoms with van der Waals surface area (Å²) in [5, 5.41) is 4.52. The van der Waals surface area contributed by atoms with E-state index in [-0.39, 0.29) is 12.4 Å². The third kappa shape index (κ3) is 3.43. The molecule has 0 unspecified atom stereocenters. The van der Waals surface area contributed by atoms with Crippen molar-refractivity contribution in [3.05, 3.63) is 0 Å². The second-order valence-electron chi connectivity index (χ2n) is 2.37. The number of rotatable bonds is 1. The van der Waals surface area contributed by atoms with Gasteiger partial charge in [-0.2, -0.15) is 0 Å². The Hall–Kier alpha value is 0.730. The van der Waals surface area contributed by atoms with Gasteiger partial charge in [0.2, 0.25) is 0 Å². The Kier molecular flexibility index (Phi) is 5.96. The first-order chi connectivity index (χ1) is 3.93. The van der Waals surface area contributed by atoms with Crippen molar-refractivity contribution in [3.8, 4) is 0 Å². The van der Waals surface area contributed by atoms with E-state index in [1.807, 2.05) is 0 Å². The van der Waals surface area contributed by atoms with Gasteiger partial charge in [-0.1, -0.05) is 15.9 Å². The van der Waals surface area contributed by atoms with E-state index in [9.17, 15) is 0 Å². The maximum atomic E-state index is 3.47. The molecule has 1 atom stereocenters. The smallest absolute Gasteiger partial charge is 0.00717 e. The maximum absolute atomic E-state index is 3.47. The first-order valence-corrected chi connectivity index (χ1v) is 4.32. The molecule has 3 heteroatoms. The maximum Gasteiger partial charge on any atom is 0.00717 e. The third-order valence-electron chi connectivity index (χ3n) is 1.62. The van der Waals surface area contributed by atoms with Crippen LogP contribution in [-0.2, 0) is 0 Å². The molecule has 0 bridgehead atoms. The van der Waals surface area contributed by atoms with Crippen molar-refractivity contribution in [1.29, 1.82) is 0 Å². The van der Waals surface area contributed by atoms with Gasteiger partial charge in [0.1, 0.15) is 0 Å². The fraction of sp³-hybridized carbons (Fsp3) is 1.00. The van der Waals surface area contributed by atoms with Crippen LogP contribution in [0.2, 0.25) is 0 Å². The van der Waals surface area contributed by atoms with Crippen LogP contribution < -0.4 is 5.32 Å². The minimum absolute atomic E-state index is 0. The summed E-state index contributed by atoms with van der Waals surface area (Å²) in [6.45, 7) is 2.44. The van der Waals surface area contributed by atoms with E-state index in [1.54, 1.807) is 0 Å². The summed E-state index contributed by atoms with van der Waals surface area (Å²) in [4.78, 5) is 0. The van der Waals surface area contributed by atoms with Gasteiger partial charge in [-0.25, -0.2) is 0 Å². The second kappa shape index (κ2) is 5.51. The zero-order valence-corrected chi connectivity index (χ0v) is 7.80. The number of nitrogens with one attached hydrogen (secondary N) is 1. The summed E-state index contributed by atoms with van der Waals surface area (Å²) in [7, 11) is 0. The van der Waals surface area contributed by atoms with Crippen LogP contribution in [0.5, 0.6) is 0 Å². The molecule has 1 N–H and O–H groups in total. The molecule has 56 valence electrons. The van der Waals surface area contributed by atoms with Crippen molar-refractivity contribution < 1.29 is 0 Å². The van der Waals surface area contributed by atoms with Crippen LogP contribution in [0.15, 0.2) is 0 Å². The molecule has 1 nitrogen and oxygen atoms in total. The molecule has 0 aliphatic carbocycles. The first-order valence-electron chi connectivity index (χ1n) is 3.20. The highest BCUT2D eigenvalue weighted by Gasteiger charge is 2.09. The van der Waals surface area contributed by atoms with Gasteiger partial charge in [0.25, 0.3) is 0 Å². The Morgan fingerprint density at radius 2 is 2.33 bits per heavy atom. The largest absolute Gasteiger partial charge is 0.316 e. The first kappa shape index (κ1) is 9.73. The van der Waals surface area contributed by atoms with Gasteiger partial charge in [-0.3, -0.25) is 0 Å². The zero-order chi connectivity index (χ0) is 5.82. The summed E-state index contributed by atoms with van der Waals surface area (Å²) in [5.41, 5.74) is 0. The van der Waals surface area contributed by atoms with Crippen molar-refractivity contribution in [2.24, 2.45) is 5.92 Å². The predicted molar refractivity (Wildman–Crippen MR) is 46.6 cm³/mol. The van der Waals surface area contributed by atoms with E-state index in [4.69, 9.17) is 0 Å². The summed E-state index contributed by atoms with van der Waals surface area (Å²) < 4.78 is 0. The number of hydrogen-bond acceptors (Lipinski definition) is 1. The molecule has 9 heavy (non-hydrogen) atoms. The molecular weight excluding hydrogens is 201 g/mol. The molecule has 0 aromatic carbocycles. The molecular formula is C6H13BrClN. The zero-order valence-electron chi connectivity index (χ0n) is 5.40. The molecule has 0 aromatic rings. The van der Waals surface area contributed by atoms with Crippen LogP contribution in [0.1, 0.15) is 12.8 Å². The monoisotopic (exact) mass is 213 g/mol. The highest BCUT2D eigenvalue weighted by molar-refractivity contribution is 9.09. The second-order valence-corrected chi connectivity index (χ2v) is 3.01. The van der Waals surface area contributed by atoms with Gasteiger partial charge in [-0.05, 0) is 31.8 Å². The lowest BCUT2D eigenvalue weighted by molar-refractivity contribution is 0.412. The van der Waals surface area contributed by atoms with Gasteiger partial charge in [0.15, 0.2) is 0 Å². The predicted octanol–water partition coefficient (Wildman–Crippen LogP) is 1.80. The van der Waals surface area contributed by atoms with E-state index in [0.29, 0.717) is 0 Å². The molecule has 1 saturated heterocycles. The van der Waals surface area contributed by atoms with Crippen LogP contribution in [0.25, 0.3) is 0 Å². The Balaban J connectivity index is 0.000000640. The number of hydrogen-bond donors (Lipinski definition) is 1. The van der Waals surface area contributed by atoms with Crippen molar-refractivity contribution >= 4 is 28.3 Å². The normalized spacial score (nSPS) is 27.0. The standard InChI is InChI=1S/C6H12BrN.ClH/c7-4-6-2-1-3-8-5-6;/h6,8H,1-5H2;1H/t6-;/m0./s1. The fourth-order valence-corrected chi connectivity index (χ4v) is 1.61. The Morgan fingerprint density at radius 1 is 1.56 bits per heavy atom. The van der Waals surface area contributed by atoms with Gasteiger partial charge in [0, 0.05) is 5.33 Å². The number of piperidine rings is 1. The molecule has 1 rings (SSSR count). The van der Waals surface area contributed by atoms with Crippen molar-refractivity contribution in [1.82, 2.24) is 5.32 Å². The quantitative estimate of drug-likeness (QED) is 0.657. The van der Waals surface area contributed by atoms with E-state index < -0.39 is 0 Å². The molecule has 1 fully saturated rings. The Labute approximate surface area is 71.1 Å². The van der Waals surface area contributed by atoms with Crippen molar-refractivity contribution in [2.45, 2.75) is 12.8 Å². The molecule has 0 spiro atoms. The van der Waals surface area contributed by atoms with E-state index in [0.717, 1.165) is 5.92 Å². The minimum atomic E-state index is 0. The van der Waals surface area contributed by atoms with Crippen LogP contribution >= 0.6 is 28.3 Å². The Morgan fingerprint density at radius 3 is 2.67 bits per heavy atom. The molecule has 0 amide bonds. The number of alkyl halides is 1. The summed E-state index contributed by atoms with van der Waals surface area (Å²) in [6, 6.07) is 0. The lowest BCUT2D eigenvalue weighted by Crippen LogP contribution is -2.30. The minimum Gasteiger partial charge on any atom is -0.316 e. The van der Waals surface area contributed by atoms with Crippen LogP contribution in [0.4, 0.5) is 0 Å². The lowest BCUT2D eigenvalue weighted by Gasteiger charge is -2.19.